The molecule has 0 bridgehead atoms. The van der Waals surface area contributed by atoms with Crippen LogP contribution in [0.15, 0.2) is 23.4 Å². The zero-order valence-corrected chi connectivity index (χ0v) is 10.8. The number of hydrogen-bond acceptors (Lipinski definition) is 3. The van der Waals surface area contributed by atoms with Crippen molar-refractivity contribution in [3.63, 3.8) is 0 Å². The number of nitro groups is 1. The largest absolute Gasteiger partial charge is 0.435 e. The van der Waals surface area contributed by atoms with E-state index in [0.29, 0.717) is 0 Å². The Morgan fingerprint density at radius 2 is 1.62 bits per heavy atom. The first-order chi connectivity index (χ1) is 8.94. The summed E-state index contributed by atoms with van der Waals surface area (Å²) in [4.78, 5) is 11.1. The van der Waals surface area contributed by atoms with Gasteiger partial charge in [-0.1, -0.05) is 0 Å². The third-order valence-electron chi connectivity index (χ3n) is 2.20. The van der Waals surface area contributed by atoms with E-state index < -0.39 is 42.2 Å². The van der Waals surface area contributed by atoms with Crippen molar-refractivity contribution in [1.82, 2.24) is 4.98 Å². The van der Waals surface area contributed by atoms with E-state index in [-0.39, 0.29) is 12.3 Å². The zero-order valence-electron chi connectivity index (χ0n) is 9.25. The summed E-state index contributed by atoms with van der Waals surface area (Å²) in [6.07, 6.45) is -0.198. The molecule has 0 aliphatic heterocycles. The van der Waals surface area contributed by atoms with E-state index in [1.54, 1.807) is 0 Å². The van der Waals surface area contributed by atoms with E-state index in [1.165, 1.54) is 0 Å². The van der Waals surface area contributed by atoms with Gasteiger partial charge in [0.05, 0.1) is 4.92 Å². The molecule has 1 aromatic heterocycles. The second kappa shape index (κ2) is 3.88. The summed E-state index contributed by atoms with van der Waals surface area (Å²) in [7, 11) is -11.0. The quantitative estimate of drug-likeness (QED) is 0.319. The number of alkyl halides is 5. The van der Waals surface area contributed by atoms with E-state index in [1.807, 2.05) is 0 Å². The van der Waals surface area contributed by atoms with Gasteiger partial charge < -0.3 is 0 Å². The molecule has 122 valence electrons. The fraction of sp³-hybridized carbons (Fsp3) is 0.286. The molecule has 1 heterocycles. The monoisotopic (exact) mass is 366 g/mol. The number of pyridine rings is 1. The van der Waals surface area contributed by atoms with Crippen LogP contribution in [0.5, 0.6) is 0 Å². The molecule has 1 aromatic rings. The molecule has 0 saturated heterocycles. The molecule has 0 aromatic carbocycles. The maximum atomic E-state index is 13.4. The van der Waals surface area contributed by atoms with Crippen molar-refractivity contribution in [1.29, 1.82) is 0 Å². The molecule has 0 unspecified atom stereocenters. The van der Waals surface area contributed by atoms with Crippen LogP contribution in [-0.4, -0.2) is 20.5 Å². The lowest BCUT2D eigenvalue weighted by atomic mass is 10.4. The van der Waals surface area contributed by atoms with Crippen LogP contribution < -0.4 is 0 Å². The molecule has 0 fully saturated rings. The molecule has 0 spiro atoms. The van der Waals surface area contributed by atoms with Gasteiger partial charge in [-0.05, 0) is 17.7 Å². The van der Waals surface area contributed by atoms with Gasteiger partial charge in [-0.25, -0.2) is 4.98 Å². The molecule has 0 atom stereocenters. The Hall–Kier alpha value is -1.37. The van der Waals surface area contributed by atoms with Crippen LogP contribution in [0.1, 0.15) is 0 Å². The highest BCUT2D eigenvalue weighted by molar-refractivity contribution is 8.50. The van der Waals surface area contributed by atoms with Crippen LogP contribution in [0.2, 0.25) is 0 Å². The Bertz CT molecular complexity index is 595. The van der Waals surface area contributed by atoms with Crippen LogP contribution in [0, 0.1) is 10.1 Å². The predicted molar refractivity (Wildman–Crippen MR) is 56.9 cm³/mol. The number of halogens is 9. The van der Waals surface area contributed by atoms with Crippen LogP contribution >= 0.6 is 21.4 Å². The molecule has 1 rings (SSSR count). The van der Waals surface area contributed by atoms with Gasteiger partial charge in [0.15, 0.2) is 5.03 Å². The van der Waals surface area contributed by atoms with Crippen molar-refractivity contribution in [3.8, 4) is 0 Å². The highest BCUT2D eigenvalue weighted by atomic mass is 35.5. The van der Waals surface area contributed by atoms with Gasteiger partial charge in [0, 0.05) is 6.07 Å². The fourth-order valence-electron chi connectivity index (χ4n) is 1.09. The minimum Gasteiger partial charge on any atom is -0.258 e. The Morgan fingerprint density at radius 3 is 1.90 bits per heavy atom. The van der Waals surface area contributed by atoms with Crippen molar-refractivity contribution in [2.24, 2.45) is 0 Å². The van der Waals surface area contributed by atoms with Gasteiger partial charge in [-0.15, -0.1) is 15.5 Å². The summed E-state index contributed by atoms with van der Waals surface area (Å²) in [5, 5.41) is -6.36. The Labute approximate surface area is 115 Å². The molecule has 4 nitrogen and oxygen atoms in total. The zero-order chi connectivity index (χ0) is 17.0. The molecule has 21 heavy (non-hydrogen) atoms. The van der Waals surface area contributed by atoms with Gasteiger partial charge in [-0.3, -0.25) is 10.1 Å². The van der Waals surface area contributed by atoms with E-state index in [2.05, 4.69) is 16.6 Å². The van der Waals surface area contributed by atoms with E-state index in [9.17, 15) is 43.2 Å². The lowest BCUT2D eigenvalue weighted by Crippen LogP contribution is -2.48. The van der Waals surface area contributed by atoms with Crippen molar-refractivity contribution in [3.05, 3.63) is 28.4 Å². The molecule has 14 heteroatoms. The third kappa shape index (κ3) is 2.37. The smallest absolute Gasteiger partial charge is 0.258 e. The van der Waals surface area contributed by atoms with Crippen molar-refractivity contribution < 1.29 is 38.0 Å². The Morgan fingerprint density at radius 1 is 1.14 bits per heavy atom. The summed E-state index contributed by atoms with van der Waals surface area (Å²) in [5.74, 6) is 0. The fourth-order valence-corrected chi connectivity index (χ4v) is 2.89. The Balaban J connectivity index is 3.64. The van der Waals surface area contributed by atoms with Gasteiger partial charge in [0.2, 0.25) is 0 Å². The summed E-state index contributed by atoms with van der Waals surface area (Å²) in [6, 6.07) is -0.542. The first-order valence-corrected chi connectivity index (χ1v) is 6.92. The van der Waals surface area contributed by atoms with E-state index in [4.69, 9.17) is 0 Å². The maximum Gasteiger partial charge on any atom is 0.435 e. The van der Waals surface area contributed by atoms with Crippen LogP contribution in [0.3, 0.4) is 0 Å². The lowest BCUT2D eigenvalue weighted by Gasteiger charge is -2.53. The minimum absolute atomic E-state index is 0.0108. The minimum atomic E-state index is -11.0. The topological polar surface area (TPSA) is 56.0 Å². The van der Waals surface area contributed by atoms with Gasteiger partial charge in [-0.2, -0.15) is 17.6 Å². The highest BCUT2D eigenvalue weighted by Gasteiger charge is 2.91. The second-order valence-corrected chi connectivity index (χ2v) is 7.24. The molecule has 0 aliphatic carbocycles. The third-order valence-corrected chi connectivity index (χ3v) is 4.92. The molecule has 0 amide bonds. The lowest BCUT2D eigenvalue weighted by molar-refractivity contribution is -0.385. The Kier molecular flexibility index (Phi) is 3.27. The number of rotatable bonds is 4. The number of aromatic nitrogens is 1. The summed E-state index contributed by atoms with van der Waals surface area (Å²) in [5.41, 5.74) is -1.09. The molecule has 0 radical (unpaired) electrons. The van der Waals surface area contributed by atoms with Gasteiger partial charge >= 0.3 is 10.6 Å². The maximum absolute atomic E-state index is 13.4. The normalized spacial score (nSPS) is 17.0. The molecular formula is C7H3ClF8N2O2S. The van der Waals surface area contributed by atoms with Crippen molar-refractivity contribution >= 4 is 27.1 Å². The van der Waals surface area contributed by atoms with Gasteiger partial charge in [0.25, 0.3) is 15.5 Å². The summed E-state index contributed by atoms with van der Waals surface area (Å²) >= 11 is 3.67. The molecule has 0 saturated carbocycles. The first-order valence-electron chi connectivity index (χ1n) is 4.49. The SMILES string of the molecule is O=[N+]([O-])c1ccc(S(F)(F)(F)(F)C(F)(F)C(F)(F)Cl)nc1. The number of nitrogens with zero attached hydrogens (tertiary/aromatic N) is 2. The highest BCUT2D eigenvalue weighted by Crippen LogP contribution is 3.07. The van der Waals surface area contributed by atoms with E-state index in [0.717, 1.165) is 0 Å². The van der Waals surface area contributed by atoms with Crippen molar-refractivity contribution in [2.45, 2.75) is 15.7 Å². The second-order valence-electron chi connectivity index (χ2n) is 3.70. The van der Waals surface area contributed by atoms with Crippen LogP contribution in [0.4, 0.5) is 38.8 Å². The van der Waals surface area contributed by atoms with Crippen LogP contribution in [-0.2, 0) is 0 Å². The summed E-state index contributed by atoms with van der Waals surface area (Å²) < 4.78 is 104. The van der Waals surface area contributed by atoms with E-state index >= 15 is 0 Å². The molecule has 0 aliphatic rings. The standard InChI is InChI=1S/C7H3ClF8N2O2S/c8-6(9,10)7(11,12)21(13,14,15,16)5-2-1-4(3-17-5)18(19)20/h1-3H. The summed E-state index contributed by atoms with van der Waals surface area (Å²) in [6.45, 7) is 0. The average molecular weight is 367 g/mol. The predicted octanol–water partition coefficient (Wildman–Crippen LogP) is 5.19. The van der Waals surface area contributed by atoms with Crippen LogP contribution in [0.25, 0.3) is 0 Å². The average Bonchev–Trinajstić information content (AvgIpc) is 2.26. The van der Waals surface area contributed by atoms with Crippen molar-refractivity contribution in [2.75, 3.05) is 0 Å². The van der Waals surface area contributed by atoms with Gasteiger partial charge in [0.1, 0.15) is 6.20 Å². The first kappa shape index (κ1) is 17.7. The number of hydrogen-bond donors (Lipinski definition) is 0. The molecule has 0 N–H and O–H groups in total. The molecular weight excluding hydrogens is 364 g/mol.